The zero-order valence-electron chi connectivity index (χ0n) is 17.9. The van der Waals surface area contributed by atoms with Crippen LogP contribution in [0.15, 0.2) is 18.2 Å². The largest absolute Gasteiger partial charge is 0.388 e. The van der Waals surface area contributed by atoms with Crippen molar-refractivity contribution in [3.05, 3.63) is 29.3 Å². The first-order valence-electron chi connectivity index (χ1n) is 11.5. The number of hydrogen-bond donors (Lipinski definition) is 0. The summed E-state index contributed by atoms with van der Waals surface area (Å²) in [4.78, 5) is 0. The van der Waals surface area contributed by atoms with Crippen LogP contribution in [0, 0.1) is 11.5 Å². The van der Waals surface area contributed by atoms with Crippen LogP contribution in [0.1, 0.15) is 115 Å². The van der Waals surface area contributed by atoms with Gasteiger partial charge in [0.2, 0.25) is 0 Å². The lowest BCUT2D eigenvalue weighted by Gasteiger charge is -2.13. The predicted octanol–water partition coefficient (Wildman–Crippen LogP) is 8.13. The molecule has 0 fully saturated rings. The summed E-state index contributed by atoms with van der Waals surface area (Å²) >= 11 is 0. The SMILES string of the molecule is CCCCCCCCCc1cccc(OC#N)c1CCCCCCCCC. The number of rotatable bonds is 17. The van der Waals surface area contributed by atoms with Crippen LogP contribution in [0.3, 0.4) is 0 Å². The van der Waals surface area contributed by atoms with Crippen molar-refractivity contribution in [1.82, 2.24) is 0 Å². The van der Waals surface area contributed by atoms with Crippen LogP contribution in [0.2, 0.25) is 0 Å². The smallest absolute Gasteiger partial charge is 0.292 e. The Labute approximate surface area is 168 Å². The van der Waals surface area contributed by atoms with Crippen LogP contribution >= 0.6 is 0 Å². The molecule has 152 valence electrons. The number of hydrogen-bond acceptors (Lipinski definition) is 2. The van der Waals surface area contributed by atoms with Crippen LogP contribution in [0.4, 0.5) is 0 Å². The minimum atomic E-state index is 0.781. The highest BCUT2D eigenvalue weighted by Crippen LogP contribution is 2.26. The Morgan fingerprint density at radius 3 is 1.78 bits per heavy atom. The van der Waals surface area contributed by atoms with E-state index in [2.05, 4.69) is 19.9 Å². The molecule has 0 radical (unpaired) electrons. The maximum absolute atomic E-state index is 8.97. The number of nitriles is 1. The second-order valence-electron chi connectivity index (χ2n) is 7.83. The molecule has 0 aromatic heterocycles. The molecular weight excluding hydrogens is 330 g/mol. The quantitative estimate of drug-likeness (QED) is 0.204. The van der Waals surface area contributed by atoms with Gasteiger partial charge in [0.1, 0.15) is 5.75 Å². The highest BCUT2D eigenvalue weighted by Gasteiger charge is 2.10. The monoisotopic (exact) mass is 371 g/mol. The molecule has 0 bridgehead atoms. The van der Waals surface area contributed by atoms with E-state index in [4.69, 9.17) is 10.00 Å². The van der Waals surface area contributed by atoms with Gasteiger partial charge in [-0.3, -0.25) is 0 Å². The molecule has 0 aliphatic carbocycles. The molecule has 0 N–H and O–H groups in total. The average molecular weight is 372 g/mol. The fourth-order valence-electron chi connectivity index (χ4n) is 3.81. The molecule has 1 aromatic carbocycles. The molecule has 0 heterocycles. The first kappa shape index (κ1) is 23.5. The Morgan fingerprint density at radius 1 is 0.704 bits per heavy atom. The third kappa shape index (κ3) is 11.1. The first-order valence-corrected chi connectivity index (χ1v) is 11.5. The normalized spacial score (nSPS) is 10.7. The summed E-state index contributed by atoms with van der Waals surface area (Å²) in [5, 5.41) is 8.97. The molecule has 1 rings (SSSR count). The molecule has 0 atom stereocenters. The van der Waals surface area contributed by atoms with E-state index in [0.29, 0.717) is 0 Å². The van der Waals surface area contributed by atoms with E-state index in [0.717, 1.165) is 18.6 Å². The molecule has 1 aromatic rings. The van der Waals surface area contributed by atoms with Crippen molar-refractivity contribution in [2.75, 3.05) is 0 Å². The van der Waals surface area contributed by atoms with Crippen LogP contribution in [-0.4, -0.2) is 0 Å². The Bertz CT molecular complexity index is 518. The van der Waals surface area contributed by atoms with Gasteiger partial charge in [0, 0.05) is 0 Å². The fraction of sp³-hybridized carbons (Fsp3) is 0.720. The zero-order chi connectivity index (χ0) is 19.6. The summed E-state index contributed by atoms with van der Waals surface area (Å²) in [6.45, 7) is 4.53. The van der Waals surface area contributed by atoms with Gasteiger partial charge < -0.3 is 4.74 Å². The number of nitrogens with zero attached hydrogens (tertiary/aromatic N) is 1. The van der Waals surface area contributed by atoms with E-state index in [1.165, 1.54) is 101 Å². The van der Waals surface area contributed by atoms with E-state index in [9.17, 15) is 0 Å². The molecule has 0 unspecified atom stereocenters. The van der Waals surface area contributed by atoms with Crippen molar-refractivity contribution >= 4 is 0 Å². The molecule has 2 heteroatoms. The van der Waals surface area contributed by atoms with Gasteiger partial charge in [-0.25, -0.2) is 0 Å². The van der Waals surface area contributed by atoms with Crippen LogP contribution < -0.4 is 4.74 Å². The van der Waals surface area contributed by atoms with E-state index in [1.807, 2.05) is 18.4 Å². The molecule has 0 spiro atoms. The lowest BCUT2D eigenvalue weighted by Crippen LogP contribution is -1.99. The molecule has 0 aliphatic rings. The Morgan fingerprint density at radius 2 is 1.22 bits per heavy atom. The Hall–Kier alpha value is -1.49. The van der Waals surface area contributed by atoms with Gasteiger partial charge in [0.25, 0.3) is 6.26 Å². The summed E-state index contributed by atoms with van der Waals surface area (Å²) in [5.41, 5.74) is 2.67. The molecule has 27 heavy (non-hydrogen) atoms. The van der Waals surface area contributed by atoms with Crippen molar-refractivity contribution in [2.24, 2.45) is 0 Å². The van der Waals surface area contributed by atoms with E-state index < -0.39 is 0 Å². The molecule has 2 nitrogen and oxygen atoms in total. The van der Waals surface area contributed by atoms with Crippen LogP contribution in [0.25, 0.3) is 0 Å². The topological polar surface area (TPSA) is 33.0 Å². The molecule has 0 aliphatic heterocycles. The standard InChI is InChI=1S/C25H41NO/c1-3-5-7-9-11-13-15-18-23-19-17-21-25(27-22-26)24(23)20-16-14-12-10-8-6-4-2/h17,19,21H,3-16,18,20H2,1-2H3. The van der Waals surface area contributed by atoms with E-state index in [-0.39, 0.29) is 0 Å². The van der Waals surface area contributed by atoms with E-state index >= 15 is 0 Å². The molecule has 0 saturated heterocycles. The van der Waals surface area contributed by atoms with Gasteiger partial charge in [-0.15, -0.1) is 5.26 Å². The highest BCUT2D eigenvalue weighted by atomic mass is 16.5. The second-order valence-corrected chi connectivity index (χ2v) is 7.83. The minimum absolute atomic E-state index is 0.781. The first-order chi connectivity index (χ1) is 13.3. The summed E-state index contributed by atoms with van der Waals surface area (Å²) in [6, 6.07) is 6.23. The average Bonchev–Trinajstić information content (AvgIpc) is 2.68. The third-order valence-corrected chi connectivity index (χ3v) is 5.47. The Balaban J connectivity index is 2.44. The maximum atomic E-state index is 8.97. The fourth-order valence-corrected chi connectivity index (χ4v) is 3.81. The van der Waals surface area contributed by atoms with Crippen molar-refractivity contribution < 1.29 is 4.74 Å². The number of unbranched alkanes of at least 4 members (excludes halogenated alkanes) is 12. The van der Waals surface area contributed by atoms with E-state index in [1.54, 1.807) is 0 Å². The van der Waals surface area contributed by atoms with Gasteiger partial charge in [0.15, 0.2) is 0 Å². The molecule has 0 amide bonds. The number of benzene rings is 1. The van der Waals surface area contributed by atoms with Gasteiger partial charge >= 0.3 is 0 Å². The summed E-state index contributed by atoms with van der Waals surface area (Å²) in [7, 11) is 0. The number of ether oxygens (including phenoxy) is 1. The van der Waals surface area contributed by atoms with Gasteiger partial charge in [-0.2, -0.15) is 0 Å². The van der Waals surface area contributed by atoms with Crippen LogP contribution in [0.5, 0.6) is 5.75 Å². The Kier molecular flexibility index (Phi) is 14.5. The second kappa shape index (κ2) is 16.7. The van der Waals surface area contributed by atoms with Crippen molar-refractivity contribution in [1.29, 1.82) is 5.26 Å². The van der Waals surface area contributed by atoms with Gasteiger partial charge in [0.05, 0.1) is 0 Å². The lowest BCUT2D eigenvalue weighted by molar-refractivity contribution is 0.494. The maximum Gasteiger partial charge on any atom is 0.292 e. The van der Waals surface area contributed by atoms with Crippen molar-refractivity contribution in [2.45, 2.75) is 117 Å². The summed E-state index contributed by atoms with van der Waals surface area (Å²) in [6.07, 6.45) is 22.6. The molecular formula is C25H41NO. The lowest BCUT2D eigenvalue weighted by atomic mass is 9.95. The summed E-state index contributed by atoms with van der Waals surface area (Å²) in [5.74, 6) is 0.781. The highest BCUT2D eigenvalue weighted by molar-refractivity contribution is 5.41. The minimum Gasteiger partial charge on any atom is -0.388 e. The van der Waals surface area contributed by atoms with Crippen molar-refractivity contribution in [3.8, 4) is 12.0 Å². The van der Waals surface area contributed by atoms with Crippen molar-refractivity contribution in [3.63, 3.8) is 0 Å². The predicted molar refractivity (Wildman–Crippen MR) is 116 cm³/mol. The zero-order valence-corrected chi connectivity index (χ0v) is 17.9. The van der Waals surface area contributed by atoms with Gasteiger partial charge in [-0.1, -0.05) is 103 Å². The molecule has 0 saturated carbocycles. The van der Waals surface area contributed by atoms with Crippen LogP contribution in [-0.2, 0) is 12.8 Å². The summed E-state index contributed by atoms with van der Waals surface area (Å²) < 4.78 is 5.27. The van der Waals surface area contributed by atoms with Gasteiger partial charge in [-0.05, 0) is 42.9 Å². The third-order valence-electron chi connectivity index (χ3n) is 5.47. The number of aryl methyl sites for hydroxylation is 1.